The number of benzene rings is 1. The molecule has 0 saturated carbocycles. The number of sulfonamides is 1. The van der Waals surface area contributed by atoms with Gasteiger partial charge >= 0.3 is 0 Å². The van der Waals surface area contributed by atoms with Gasteiger partial charge in [-0.05, 0) is 56.2 Å². The van der Waals surface area contributed by atoms with Gasteiger partial charge in [0.15, 0.2) is 0 Å². The van der Waals surface area contributed by atoms with Gasteiger partial charge in [-0.2, -0.15) is 0 Å². The van der Waals surface area contributed by atoms with Crippen molar-refractivity contribution in [2.24, 2.45) is 5.92 Å². The lowest BCUT2D eigenvalue weighted by Gasteiger charge is -2.31. The predicted molar refractivity (Wildman–Crippen MR) is 113 cm³/mol. The molecular weight excluding hydrogens is 419 g/mol. The van der Waals surface area contributed by atoms with E-state index in [-0.39, 0.29) is 24.1 Å². The smallest absolute Gasteiger partial charge is 0.224 e. The zero-order valence-electron chi connectivity index (χ0n) is 15.8. The van der Waals surface area contributed by atoms with E-state index in [1.165, 1.54) is 22.7 Å². The maximum absolute atomic E-state index is 12.8. The van der Waals surface area contributed by atoms with Crippen LogP contribution in [0.1, 0.15) is 44.1 Å². The fourth-order valence-corrected chi connectivity index (χ4v) is 5.67. The van der Waals surface area contributed by atoms with E-state index in [0.29, 0.717) is 41.5 Å². The van der Waals surface area contributed by atoms with E-state index in [1.54, 1.807) is 18.2 Å². The molecule has 0 unspecified atom stereocenters. The number of hydrogen-bond acceptors (Lipinski definition) is 3. The lowest BCUT2D eigenvalue weighted by Crippen LogP contribution is -2.46. The van der Waals surface area contributed by atoms with Crippen LogP contribution >= 0.6 is 23.2 Å². The van der Waals surface area contributed by atoms with Gasteiger partial charge in [-0.3, -0.25) is 4.79 Å². The van der Waals surface area contributed by atoms with Crippen molar-refractivity contribution in [3.05, 3.63) is 45.5 Å². The molecule has 0 bridgehead atoms. The lowest BCUT2D eigenvalue weighted by atomic mass is 9.97. The molecule has 1 aliphatic carbocycles. The van der Waals surface area contributed by atoms with Crippen molar-refractivity contribution >= 4 is 39.1 Å². The molecule has 2 aliphatic rings. The molecule has 5 nitrogen and oxygen atoms in total. The maximum Gasteiger partial charge on any atom is 0.224 e. The third-order valence-corrected chi connectivity index (χ3v) is 7.91. The average Bonchev–Trinajstić information content (AvgIpc) is 2.69. The Morgan fingerprint density at radius 2 is 2.00 bits per heavy atom. The Hall–Kier alpha value is -1.08. The van der Waals surface area contributed by atoms with Crippen LogP contribution in [0.2, 0.25) is 10.0 Å². The molecule has 1 N–H and O–H groups in total. The SMILES string of the molecule is O=C(NCC1=CCCCC1)[C@@H]1CCCN(S(=O)(=O)Cc2ccc(Cl)c(Cl)c2)C1. The number of halogens is 2. The van der Waals surface area contributed by atoms with E-state index >= 15 is 0 Å². The van der Waals surface area contributed by atoms with Crippen molar-refractivity contribution in [2.45, 2.75) is 44.3 Å². The number of hydrogen-bond donors (Lipinski definition) is 1. The normalized spacial score (nSPS) is 21.2. The topological polar surface area (TPSA) is 66.5 Å². The van der Waals surface area contributed by atoms with Gasteiger partial charge in [0.05, 0.1) is 21.7 Å². The van der Waals surface area contributed by atoms with Gasteiger partial charge < -0.3 is 5.32 Å². The molecule has 154 valence electrons. The summed E-state index contributed by atoms with van der Waals surface area (Å²) in [6.07, 6.45) is 8.10. The van der Waals surface area contributed by atoms with Crippen LogP contribution < -0.4 is 5.32 Å². The highest BCUT2D eigenvalue weighted by molar-refractivity contribution is 7.88. The van der Waals surface area contributed by atoms with Crippen LogP contribution in [0.4, 0.5) is 0 Å². The minimum absolute atomic E-state index is 0.0547. The van der Waals surface area contributed by atoms with Gasteiger partial charge in [0, 0.05) is 19.6 Å². The molecule has 0 radical (unpaired) electrons. The summed E-state index contributed by atoms with van der Waals surface area (Å²) >= 11 is 11.9. The molecule has 1 fully saturated rings. The summed E-state index contributed by atoms with van der Waals surface area (Å²) in [5.74, 6) is -0.507. The second-order valence-electron chi connectivity index (χ2n) is 7.53. The zero-order valence-corrected chi connectivity index (χ0v) is 18.1. The maximum atomic E-state index is 12.8. The molecule has 1 aromatic carbocycles. The Kier molecular flexibility index (Phi) is 7.42. The summed E-state index contributed by atoms with van der Waals surface area (Å²) in [4.78, 5) is 12.6. The summed E-state index contributed by atoms with van der Waals surface area (Å²) in [6, 6.07) is 4.84. The molecule has 1 saturated heterocycles. The van der Waals surface area contributed by atoms with E-state index < -0.39 is 10.0 Å². The Morgan fingerprint density at radius 1 is 1.18 bits per heavy atom. The Bertz CT molecular complexity index is 855. The van der Waals surface area contributed by atoms with Gasteiger partial charge in [0.25, 0.3) is 0 Å². The molecule has 8 heteroatoms. The Labute approximate surface area is 177 Å². The molecule has 0 spiro atoms. The molecule has 3 rings (SSSR count). The summed E-state index contributed by atoms with van der Waals surface area (Å²) in [6.45, 7) is 1.25. The van der Waals surface area contributed by atoms with Crippen molar-refractivity contribution in [3.63, 3.8) is 0 Å². The molecule has 1 aliphatic heterocycles. The van der Waals surface area contributed by atoms with Crippen molar-refractivity contribution < 1.29 is 13.2 Å². The monoisotopic (exact) mass is 444 g/mol. The number of rotatable bonds is 6. The summed E-state index contributed by atoms with van der Waals surface area (Å²) in [5, 5.41) is 3.73. The van der Waals surface area contributed by atoms with Crippen LogP contribution in [0.3, 0.4) is 0 Å². The van der Waals surface area contributed by atoms with Crippen molar-refractivity contribution in [1.82, 2.24) is 9.62 Å². The molecule has 1 heterocycles. The fourth-order valence-electron chi connectivity index (χ4n) is 3.75. The number of carbonyl (C=O) groups is 1. The highest BCUT2D eigenvalue weighted by Crippen LogP contribution is 2.26. The first-order valence-corrected chi connectivity index (χ1v) is 12.1. The van der Waals surface area contributed by atoms with Gasteiger partial charge in [-0.1, -0.05) is 40.9 Å². The number of piperidine rings is 1. The average molecular weight is 445 g/mol. The minimum atomic E-state index is -3.53. The first-order chi connectivity index (χ1) is 13.3. The number of allylic oxidation sites excluding steroid dienone is 1. The van der Waals surface area contributed by atoms with Gasteiger partial charge in [-0.25, -0.2) is 12.7 Å². The highest BCUT2D eigenvalue weighted by Gasteiger charge is 2.32. The van der Waals surface area contributed by atoms with Crippen LogP contribution in [-0.4, -0.2) is 38.3 Å². The number of amides is 1. The Morgan fingerprint density at radius 3 is 2.71 bits per heavy atom. The standard InChI is InChI=1S/C20H26Cl2N2O3S/c21-18-9-8-16(11-19(18)22)14-28(26,27)24-10-4-7-17(13-24)20(25)23-12-15-5-2-1-3-6-15/h5,8-9,11,17H,1-4,6-7,10,12-14H2,(H,23,25)/t17-/m1/s1. The molecular formula is C20H26Cl2N2O3S. The van der Waals surface area contributed by atoms with Crippen LogP contribution in [0, 0.1) is 5.92 Å². The van der Waals surface area contributed by atoms with Crippen molar-refractivity contribution in [3.8, 4) is 0 Å². The van der Waals surface area contributed by atoms with Gasteiger partial charge in [0.1, 0.15) is 0 Å². The van der Waals surface area contributed by atoms with Crippen molar-refractivity contribution in [2.75, 3.05) is 19.6 Å². The minimum Gasteiger partial charge on any atom is -0.352 e. The van der Waals surface area contributed by atoms with Crippen LogP contribution in [-0.2, 0) is 20.6 Å². The molecule has 1 atom stereocenters. The van der Waals surface area contributed by atoms with Gasteiger partial charge in [0.2, 0.25) is 15.9 Å². The highest BCUT2D eigenvalue weighted by atomic mass is 35.5. The van der Waals surface area contributed by atoms with E-state index in [2.05, 4.69) is 11.4 Å². The van der Waals surface area contributed by atoms with E-state index in [0.717, 1.165) is 12.8 Å². The molecule has 28 heavy (non-hydrogen) atoms. The van der Waals surface area contributed by atoms with Crippen LogP contribution in [0.5, 0.6) is 0 Å². The summed E-state index contributed by atoms with van der Waals surface area (Å²) in [5.41, 5.74) is 1.87. The van der Waals surface area contributed by atoms with E-state index in [9.17, 15) is 13.2 Å². The van der Waals surface area contributed by atoms with E-state index in [4.69, 9.17) is 23.2 Å². The molecule has 0 aromatic heterocycles. The largest absolute Gasteiger partial charge is 0.352 e. The number of carbonyl (C=O) groups excluding carboxylic acids is 1. The third kappa shape index (κ3) is 5.72. The quantitative estimate of drug-likeness (QED) is 0.669. The molecule has 1 aromatic rings. The summed E-state index contributed by atoms with van der Waals surface area (Å²) < 4.78 is 27.1. The zero-order chi connectivity index (χ0) is 20.1. The Balaban J connectivity index is 1.58. The first-order valence-electron chi connectivity index (χ1n) is 9.72. The fraction of sp³-hybridized carbons (Fsp3) is 0.550. The van der Waals surface area contributed by atoms with Crippen molar-refractivity contribution in [1.29, 1.82) is 0 Å². The summed E-state index contributed by atoms with van der Waals surface area (Å²) in [7, 11) is -3.53. The van der Waals surface area contributed by atoms with E-state index in [1.807, 2.05) is 0 Å². The third-order valence-electron chi connectivity index (χ3n) is 5.36. The second kappa shape index (κ2) is 9.61. The van der Waals surface area contributed by atoms with Crippen LogP contribution in [0.25, 0.3) is 0 Å². The molecule has 1 amide bonds. The lowest BCUT2D eigenvalue weighted by molar-refractivity contribution is -0.125. The van der Waals surface area contributed by atoms with Crippen LogP contribution in [0.15, 0.2) is 29.8 Å². The second-order valence-corrected chi connectivity index (χ2v) is 10.3. The first kappa shape index (κ1) is 21.6. The predicted octanol–water partition coefficient (Wildman–Crippen LogP) is 4.15. The number of nitrogens with zero attached hydrogens (tertiary/aromatic N) is 1. The van der Waals surface area contributed by atoms with Gasteiger partial charge in [-0.15, -0.1) is 0 Å². The number of nitrogens with one attached hydrogen (secondary N) is 1.